The molecule has 5 heteroatoms. The topological polar surface area (TPSA) is 25.2 Å². The van der Waals surface area contributed by atoms with Crippen LogP contribution in [-0.2, 0) is 13.5 Å². The Labute approximate surface area is 116 Å². The molecule has 2 rings (SSSR count). The Morgan fingerprint density at radius 3 is 2.89 bits per heavy atom. The van der Waals surface area contributed by atoms with Crippen molar-refractivity contribution in [1.29, 1.82) is 0 Å². The van der Waals surface area contributed by atoms with E-state index in [-0.39, 0.29) is 4.87 Å². The van der Waals surface area contributed by atoms with Gasteiger partial charge >= 0.3 is 4.87 Å². The fraction of sp³-hybridized carbons (Fsp3) is 0.462. The van der Waals surface area contributed by atoms with Gasteiger partial charge in [-0.15, -0.1) is 11.6 Å². The zero-order valence-corrected chi connectivity index (χ0v) is 12.2. The van der Waals surface area contributed by atoms with Gasteiger partial charge in [0.1, 0.15) is 0 Å². The smallest absolute Gasteiger partial charge is 0.305 e. The second kappa shape index (κ2) is 5.87. The lowest BCUT2D eigenvalue weighted by Crippen LogP contribution is -2.23. The molecule has 0 radical (unpaired) electrons. The van der Waals surface area contributed by atoms with Gasteiger partial charge in [-0.2, -0.15) is 0 Å². The van der Waals surface area contributed by atoms with E-state index in [2.05, 4.69) is 24.1 Å². The molecule has 0 spiro atoms. The molecule has 0 aliphatic carbocycles. The van der Waals surface area contributed by atoms with Gasteiger partial charge in [-0.3, -0.25) is 4.79 Å². The maximum Gasteiger partial charge on any atom is 0.307 e. The van der Waals surface area contributed by atoms with Crippen molar-refractivity contribution in [1.82, 2.24) is 9.47 Å². The van der Waals surface area contributed by atoms with Gasteiger partial charge in [0.25, 0.3) is 0 Å². The third-order valence-corrected chi connectivity index (χ3v) is 4.27. The predicted octanol–water partition coefficient (Wildman–Crippen LogP) is 2.31. The van der Waals surface area contributed by atoms with Gasteiger partial charge in [0.05, 0.1) is 10.2 Å². The highest BCUT2D eigenvalue weighted by molar-refractivity contribution is 7.16. The molecular formula is C13H17ClN2OS. The van der Waals surface area contributed by atoms with Gasteiger partial charge in [0, 0.05) is 26.0 Å². The molecule has 0 fully saturated rings. The van der Waals surface area contributed by atoms with Crippen LogP contribution < -0.4 is 4.87 Å². The van der Waals surface area contributed by atoms with Crippen LogP contribution in [0, 0.1) is 0 Å². The van der Waals surface area contributed by atoms with E-state index in [9.17, 15) is 4.79 Å². The average molecular weight is 285 g/mol. The van der Waals surface area contributed by atoms with Gasteiger partial charge in [0.2, 0.25) is 0 Å². The van der Waals surface area contributed by atoms with Crippen LogP contribution in [0.25, 0.3) is 10.2 Å². The van der Waals surface area contributed by atoms with Gasteiger partial charge in [-0.25, -0.2) is 0 Å². The number of likely N-dealkylation sites (N-methyl/N-ethyl adjacent to an activating group) is 1. The van der Waals surface area contributed by atoms with Crippen molar-refractivity contribution < 1.29 is 0 Å². The SMILES string of the molecule is CN(CCCl)CCc1ccc2c(c1)sc(=O)n2C. The molecule has 0 unspecified atom stereocenters. The molecule has 0 saturated heterocycles. The highest BCUT2D eigenvalue weighted by Gasteiger charge is 2.05. The second-order valence-corrected chi connectivity index (χ2v) is 5.84. The first-order valence-corrected chi connectivity index (χ1v) is 7.30. The van der Waals surface area contributed by atoms with Crippen molar-refractivity contribution in [2.45, 2.75) is 6.42 Å². The number of aryl methyl sites for hydroxylation is 1. The number of hydrogen-bond donors (Lipinski definition) is 0. The molecule has 2 aromatic rings. The van der Waals surface area contributed by atoms with Gasteiger partial charge in [0.15, 0.2) is 0 Å². The fourth-order valence-corrected chi connectivity index (χ4v) is 3.14. The molecular weight excluding hydrogens is 268 g/mol. The highest BCUT2D eigenvalue weighted by Crippen LogP contribution is 2.18. The summed E-state index contributed by atoms with van der Waals surface area (Å²) >= 11 is 7.01. The summed E-state index contributed by atoms with van der Waals surface area (Å²) in [5, 5.41) is 0. The minimum absolute atomic E-state index is 0.0985. The zero-order valence-electron chi connectivity index (χ0n) is 10.6. The Bertz CT molecular complexity index is 590. The number of aromatic nitrogens is 1. The molecule has 1 heterocycles. The molecule has 3 nitrogen and oxygen atoms in total. The van der Waals surface area contributed by atoms with Crippen molar-refractivity contribution in [2.75, 3.05) is 26.0 Å². The van der Waals surface area contributed by atoms with Crippen LogP contribution in [0.1, 0.15) is 5.56 Å². The number of hydrogen-bond acceptors (Lipinski definition) is 3. The molecule has 0 atom stereocenters. The number of rotatable bonds is 5. The molecule has 1 aromatic heterocycles. The number of nitrogens with zero attached hydrogens (tertiary/aromatic N) is 2. The summed E-state index contributed by atoms with van der Waals surface area (Å²) in [5.41, 5.74) is 2.29. The summed E-state index contributed by atoms with van der Waals surface area (Å²) in [4.78, 5) is 13.9. The van der Waals surface area contributed by atoms with Gasteiger partial charge in [-0.1, -0.05) is 17.4 Å². The van der Waals surface area contributed by atoms with E-state index < -0.39 is 0 Å². The highest BCUT2D eigenvalue weighted by atomic mass is 35.5. The molecule has 0 aliphatic rings. The lowest BCUT2D eigenvalue weighted by Gasteiger charge is -2.14. The average Bonchev–Trinajstić information content (AvgIpc) is 2.63. The minimum atomic E-state index is 0.0985. The van der Waals surface area contributed by atoms with E-state index in [1.54, 1.807) is 4.57 Å². The Balaban J connectivity index is 2.13. The number of fused-ring (bicyclic) bond motifs is 1. The predicted molar refractivity (Wildman–Crippen MR) is 79.0 cm³/mol. The molecule has 98 valence electrons. The van der Waals surface area contributed by atoms with Crippen LogP contribution >= 0.6 is 22.9 Å². The molecule has 0 saturated carbocycles. The number of thiazole rings is 1. The quantitative estimate of drug-likeness (QED) is 0.788. The molecule has 0 N–H and O–H groups in total. The fourth-order valence-electron chi connectivity index (χ4n) is 1.91. The van der Waals surface area contributed by atoms with Crippen LogP contribution in [0.15, 0.2) is 23.0 Å². The van der Waals surface area contributed by atoms with Crippen molar-refractivity contribution in [3.63, 3.8) is 0 Å². The summed E-state index contributed by atoms with van der Waals surface area (Å²) in [7, 11) is 3.89. The summed E-state index contributed by atoms with van der Waals surface area (Å²) in [6.07, 6.45) is 0.985. The first-order valence-electron chi connectivity index (χ1n) is 5.95. The van der Waals surface area contributed by atoms with E-state index in [0.717, 1.165) is 29.7 Å². The molecule has 0 amide bonds. The number of alkyl halides is 1. The lowest BCUT2D eigenvalue weighted by molar-refractivity contribution is 0.359. The van der Waals surface area contributed by atoms with E-state index in [1.165, 1.54) is 16.9 Å². The number of benzene rings is 1. The third kappa shape index (κ3) is 2.94. The largest absolute Gasteiger partial charge is 0.307 e. The van der Waals surface area contributed by atoms with Crippen molar-refractivity contribution in [3.05, 3.63) is 33.4 Å². The Kier molecular flexibility index (Phi) is 4.43. The Morgan fingerprint density at radius 1 is 1.39 bits per heavy atom. The third-order valence-electron chi connectivity index (χ3n) is 3.11. The summed E-state index contributed by atoms with van der Waals surface area (Å²) in [6, 6.07) is 6.25. The maximum absolute atomic E-state index is 11.6. The zero-order chi connectivity index (χ0) is 13.1. The standard InChI is InChI=1S/C13H17ClN2OS/c1-15(8-6-14)7-5-10-3-4-11-12(9-10)18-13(17)16(11)2/h3-4,9H,5-8H2,1-2H3. The first-order chi connectivity index (χ1) is 8.61. The minimum Gasteiger partial charge on any atom is -0.305 e. The van der Waals surface area contributed by atoms with E-state index in [0.29, 0.717) is 5.88 Å². The van der Waals surface area contributed by atoms with Crippen molar-refractivity contribution in [2.24, 2.45) is 7.05 Å². The molecule has 18 heavy (non-hydrogen) atoms. The normalized spacial score (nSPS) is 11.6. The molecule has 0 bridgehead atoms. The maximum atomic E-state index is 11.6. The summed E-state index contributed by atoms with van der Waals surface area (Å²) in [5.74, 6) is 0.663. The van der Waals surface area contributed by atoms with Crippen LogP contribution in [0.3, 0.4) is 0 Å². The van der Waals surface area contributed by atoms with E-state index in [4.69, 9.17) is 11.6 Å². The van der Waals surface area contributed by atoms with Gasteiger partial charge < -0.3 is 9.47 Å². The van der Waals surface area contributed by atoms with Crippen LogP contribution in [0.4, 0.5) is 0 Å². The van der Waals surface area contributed by atoms with Crippen LogP contribution in [0.5, 0.6) is 0 Å². The van der Waals surface area contributed by atoms with Crippen molar-refractivity contribution in [3.8, 4) is 0 Å². The monoisotopic (exact) mass is 284 g/mol. The van der Waals surface area contributed by atoms with E-state index >= 15 is 0 Å². The van der Waals surface area contributed by atoms with Gasteiger partial charge in [-0.05, 0) is 31.2 Å². The summed E-state index contributed by atoms with van der Waals surface area (Å²) in [6.45, 7) is 1.89. The lowest BCUT2D eigenvalue weighted by atomic mass is 10.1. The molecule has 1 aromatic carbocycles. The molecule has 0 aliphatic heterocycles. The van der Waals surface area contributed by atoms with Crippen LogP contribution in [-0.4, -0.2) is 35.5 Å². The second-order valence-electron chi connectivity index (χ2n) is 4.47. The van der Waals surface area contributed by atoms with Crippen molar-refractivity contribution >= 4 is 33.2 Å². The first kappa shape index (κ1) is 13.6. The Hall–Kier alpha value is -0.840. The summed E-state index contributed by atoms with van der Waals surface area (Å²) < 4.78 is 2.77. The Morgan fingerprint density at radius 2 is 2.17 bits per heavy atom. The van der Waals surface area contributed by atoms with E-state index in [1.807, 2.05) is 13.1 Å². The number of halogens is 1. The van der Waals surface area contributed by atoms with Crippen LogP contribution in [0.2, 0.25) is 0 Å².